The van der Waals surface area contributed by atoms with Gasteiger partial charge in [-0.15, -0.1) is 0 Å². The third-order valence-electron chi connectivity index (χ3n) is 2.74. The number of likely N-dealkylation sites (N-methyl/N-ethyl adjacent to an activating group) is 1. The predicted molar refractivity (Wildman–Crippen MR) is 63.5 cm³/mol. The first-order chi connectivity index (χ1) is 7.31. The maximum atomic E-state index is 4.49. The summed E-state index contributed by atoms with van der Waals surface area (Å²) in [6.45, 7) is 2.16. The average Bonchev–Trinajstić information content (AvgIpc) is 2.81. The van der Waals surface area contributed by atoms with Crippen molar-refractivity contribution >= 4 is 17.6 Å². The van der Waals surface area contributed by atoms with Crippen LogP contribution in [0.2, 0.25) is 0 Å². The van der Waals surface area contributed by atoms with Crippen molar-refractivity contribution in [2.45, 2.75) is 17.6 Å². The normalized spacial score (nSPS) is 20.5. The van der Waals surface area contributed by atoms with E-state index in [-0.39, 0.29) is 0 Å². The number of hydrogen-bond donors (Lipinski definition) is 1. The molecule has 1 saturated heterocycles. The van der Waals surface area contributed by atoms with E-state index in [1.807, 2.05) is 18.5 Å². The number of rotatable bonds is 3. The molecule has 0 aliphatic carbocycles. The van der Waals surface area contributed by atoms with E-state index in [9.17, 15) is 0 Å². The van der Waals surface area contributed by atoms with Gasteiger partial charge in [0.15, 0.2) is 5.16 Å². The van der Waals surface area contributed by atoms with Gasteiger partial charge in [-0.2, -0.15) is 0 Å². The summed E-state index contributed by atoms with van der Waals surface area (Å²) in [5, 5.41) is 4.20. The van der Waals surface area contributed by atoms with Gasteiger partial charge in [0.25, 0.3) is 0 Å². The fourth-order valence-corrected chi connectivity index (χ4v) is 2.13. The van der Waals surface area contributed by atoms with E-state index in [0.717, 1.165) is 24.1 Å². The van der Waals surface area contributed by atoms with E-state index in [0.29, 0.717) is 6.04 Å². The quantitative estimate of drug-likeness (QED) is 0.612. The van der Waals surface area contributed by atoms with Crippen LogP contribution in [0.1, 0.15) is 6.42 Å². The Kier molecular flexibility index (Phi) is 3.43. The Balaban J connectivity index is 2.13. The number of aromatic nitrogens is 2. The monoisotopic (exact) mass is 224 g/mol. The summed E-state index contributed by atoms with van der Waals surface area (Å²) in [7, 11) is 2.10. The average molecular weight is 224 g/mol. The molecule has 0 saturated carbocycles. The molecule has 1 aliphatic heterocycles. The second-order valence-electron chi connectivity index (χ2n) is 3.66. The van der Waals surface area contributed by atoms with Crippen LogP contribution in [-0.2, 0) is 0 Å². The first-order valence-electron chi connectivity index (χ1n) is 5.12. The van der Waals surface area contributed by atoms with Gasteiger partial charge >= 0.3 is 0 Å². The largest absolute Gasteiger partial charge is 0.355 e. The van der Waals surface area contributed by atoms with E-state index >= 15 is 0 Å². The minimum Gasteiger partial charge on any atom is -0.355 e. The lowest BCUT2D eigenvalue weighted by Gasteiger charge is -2.24. The van der Waals surface area contributed by atoms with Crippen LogP contribution in [0.3, 0.4) is 0 Å². The Morgan fingerprint density at radius 3 is 3.13 bits per heavy atom. The third kappa shape index (κ3) is 2.41. The molecular weight excluding hydrogens is 208 g/mol. The van der Waals surface area contributed by atoms with E-state index in [2.05, 4.69) is 27.2 Å². The number of anilines is 1. The summed E-state index contributed by atoms with van der Waals surface area (Å²) < 4.78 is 0. The Bertz CT molecular complexity index is 325. The zero-order valence-electron chi connectivity index (χ0n) is 9.10. The Labute approximate surface area is 94.5 Å². The molecule has 0 radical (unpaired) electrons. The zero-order chi connectivity index (χ0) is 10.7. The van der Waals surface area contributed by atoms with Crippen LogP contribution in [0.25, 0.3) is 0 Å². The molecule has 2 rings (SSSR count). The van der Waals surface area contributed by atoms with Crippen molar-refractivity contribution in [3.8, 4) is 0 Å². The van der Waals surface area contributed by atoms with Crippen molar-refractivity contribution in [2.75, 3.05) is 31.3 Å². The Morgan fingerprint density at radius 1 is 1.60 bits per heavy atom. The third-order valence-corrected chi connectivity index (χ3v) is 3.31. The molecule has 5 heteroatoms. The molecule has 1 aromatic heterocycles. The fraction of sp³-hybridized carbons (Fsp3) is 0.600. The van der Waals surface area contributed by atoms with Gasteiger partial charge < -0.3 is 10.2 Å². The van der Waals surface area contributed by atoms with Crippen LogP contribution >= 0.6 is 11.8 Å². The van der Waals surface area contributed by atoms with Gasteiger partial charge in [-0.25, -0.2) is 9.97 Å². The van der Waals surface area contributed by atoms with Crippen LogP contribution < -0.4 is 10.2 Å². The molecule has 0 amide bonds. The van der Waals surface area contributed by atoms with Crippen molar-refractivity contribution < 1.29 is 0 Å². The van der Waals surface area contributed by atoms with Crippen molar-refractivity contribution in [1.29, 1.82) is 0 Å². The van der Waals surface area contributed by atoms with E-state index in [1.165, 1.54) is 6.42 Å². The summed E-state index contributed by atoms with van der Waals surface area (Å²) in [5.74, 6) is 1.02. The second kappa shape index (κ2) is 4.81. The fourth-order valence-electron chi connectivity index (χ4n) is 1.78. The van der Waals surface area contributed by atoms with Crippen molar-refractivity contribution in [1.82, 2.24) is 15.3 Å². The molecular formula is C10H16N4S. The molecule has 4 nitrogen and oxygen atoms in total. The van der Waals surface area contributed by atoms with Crippen molar-refractivity contribution in [2.24, 2.45) is 0 Å². The summed E-state index contributed by atoms with van der Waals surface area (Å²) >= 11 is 1.58. The molecule has 15 heavy (non-hydrogen) atoms. The minimum absolute atomic E-state index is 0.564. The molecule has 1 unspecified atom stereocenters. The van der Waals surface area contributed by atoms with Crippen molar-refractivity contribution in [3.63, 3.8) is 0 Å². The molecule has 0 spiro atoms. The lowest BCUT2D eigenvalue weighted by molar-refractivity contribution is 0.672. The second-order valence-corrected chi connectivity index (χ2v) is 4.43. The minimum atomic E-state index is 0.564. The lowest BCUT2D eigenvalue weighted by Crippen LogP contribution is -2.33. The highest BCUT2D eigenvalue weighted by Gasteiger charge is 2.20. The maximum Gasteiger partial charge on any atom is 0.189 e. The zero-order valence-corrected chi connectivity index (χ0v) is 9.92. The summed E-state index contributed by atoms with van der Waals surface area (Å²) in [6.07, 6.45) is 5.01. The van der Waals surface area contributed by atoms with E-state index < -0.39 is 0 Å². The maximum absolute atomic E-state index is 4.49. The van der Waals surface area contributed by atoms with Gasteiger partial charge in [0, 0.05) is 25.8 Å². The number of hydrogen-bond acceptors (Lipinski definition) is 5. The van der Waals surface area contributed by atoms with Gasteiger partial charge in [0.05, 0.1) is 0 Å². The van der Waals surface area contributed by atoms with E-state index in [1.54, 1.807) is 11.8 Å². The standard InChI is InChI=1S/C10H16N4S/c1-14(8-3-5-11-7-8)9-4-6-12-10(13-9)15-2/h4,6,8,11H,3,5,7H2,1-2H3. The summed E-state index contributed by atoms with van der Waals surface area (Å²) in [6, 6.07) is 2.53. The van der Waals surface area contributed by atoms with Gasteiger partial charge in [-0.05, 0) is 25.3 Å². The molecule has 0 bridgehead atoms. The number of thioether (sulfide) groups is 1. The predicted octanol–water partition coefficient (Wildman–Crippen LogP) is 0.997. The highest BCUT2D eigenvalue weighted by molar-refractivity contribution is 7.98. The molecule has 1 N–H and O–H groups in total. The smallest absolute Gasteiger partial charge is 0.189 e. The Morgan fingerprint density at radius 2 is 2.47 bits per heavy atom. The summed E-state index contributed by atoms with van der Waals surface area (Å²) in [4.78, 5) is 10.9. The van der Waals surface area contributed by atoms with Gasteiger partial charge in [0.2, 0.25) is 0 Å². The van der Waals surface area contributed by atoms with Crippen LogP contribution in [-0.4, -0.2) is 42.4 Å². The molecule has 82 valence electrons. The van der Waals surface area contributed by atoms with Gasteiger partial charge in [0.1, 0.15) is 5.82 Å². The van der Waals surface area contributed by atoms with Crippen molar-refractivity contribution in [3.05, 3.63) is 12.3 Å². The lowest BCUT2D eigenvalue weighted by atomic mass is 10.2. The first kappa shape index (κ1) is 10.7. The highest BCUT2D eigenvalue weighted by Crippen LogP contribution is 2.17. The molecule has 1 fully saturated rings. The Hall–Kier alpha value is -0.810. The molecule has 2 heterocycles. The first-order valence-corrected chi connectivity index (χ1v) is 6.34. The van der Waals surface area contributed by atoms with E-state index in [4.69, 9.17) is 0 Å². The topological polar surface area (TPSA) is 41.1 Å². The molecule has 1 atom stereocenters. The van der Waals surface area contributed by atoms with Crippen LogP contribution in [0.15, 0.2) is 17.4 Å². The highest BCUT2D eigenvalue weighted by atomic mass is 32.2. The number of nitrogens with zero attached hydrogens (tertiary/aromatic N) is 3. The van der Waals surface area contributed by atoms with Gasteiger partial charge in [-0.1, -0.05) is 11.8 Å². The van der Waals surface area contributed by atoms with Crippen LogP contribution in [0.4, 0.5) is 5.82 Å². The molecule has 1 aliphatic rings. The SMILES string of the molecule is CSc1nccc(N(C)C2CCNC2)n1. The molecule has 0 aromatic carbocycles. The van der Waals surface area contributed by atoms with Crippen LogP contribution in [0.5, 0.6) is 0 Å². The summed E-state index contributed by atoms with van der Waals surface area (Å²) in [5.41, 5.74) is 0. The number of nitrogens with one attached hydrogen (secondary N) is 1. The molecule has 1 aromatic rings. The van der Waals surface area contributed by atoms with Gasteiger partial charge in [-0.3, -0.25) is 0 Å². The van der Waals surface area contributed by atoms with Crippen LogP contribution in [0, 0.1) is 0 Å².